The number of amides is 1. The Hall–Kier alpha value is -3.41. The van der Waals surface area contributed by atoms with E-state index >= 15 is 0 Å². The van der Waals surface area contributed by atoms with Crippen LogP contribution >= 0.6 is 24.0 Å². The highest BCUT2D eigenvalue weighted by molar-refractivity contribution is 8.26. The van der Waals surface area contributed by atoms with Gasteiger partial charge in [0.2, 0.25) is 0 Å². The molecule has 36 heavy (non-hydrogen) atoms. The first-order valence-corrected chi connectivity index (χ1v) is 12.4. The number of thiocarbonyl (C=S) groups is 1. The van der Waals surface area contributed by atoms with Crippen molar-refractivity contribution < 1.29 is 19.4 Å². The van der Waals surface area contributed by atoms with E-state index in [1.54, 1.807) is 26.5 Å². The monoisotopic (exact) mass is 526 g/mol. The van der Waals surface area contributed by atoms with Crippen molar-refractivity contribution in [3.63, 3.8) is 0 Å². The number of carbonyl (C=O) groups excluding carboxylic acids is 1. The molecule has 1 saturated heterocycles. The molecule has 1 fully saturated rings. The van der Waals surface area contributed by atoms with Gasteiger partial charge < -0.3 is 19.9 Å². The summed E-state index contributed by atoms with van der Waals surface area (Å²) < 4.78 is 12.5. The SMILES string of the molecule is COc1ccc(CCN2C(=O)/C(=C\c3c(NCCO)nc4ccc(C)cn4c3=O)SC2=S)cc1OC. The maximum absolute atomic E-state index is 13.3. The normalized spacial score (nSPS) is 14.7. The number of hydrogen-bond donors (Lipinski definition) is 2. The first-order chi connectivity index (χ1) is 17.4. The van der Waals surface area contributed by atoms with Crippen LogP contribution in [0.25, 0.3) is 11.7 Å². The number of benzene rings is 1. The summed E-state index contributed by atoms with van der Waals surface area (Å²) >= 11 is 6.63. The van der Waals surface area contributed by atoms with Crippen molar-refractivity contribution in [3.8, 4) is 11.5 Å². The molecule has 3 aromatic rings. The van der Waals surface area contributed by atoms with Crippen LogP contribution in [-0.2, 0) is 11.2 Å². The van der Waals surface area contributed by atoms with Crippen LogP contribution in [0.4, 0.5) is 5.82 Å². The molecule has 0 spiro atoms. The van der Waals surface area contributed by atoms with E-state index in [1.807, 2.05) is 31.2 Å². The molecule has 0 bridgehead atoms. The van der Waals surface area contributed by atoms with Gasteiger partial charge in [0.15, 0.2) is 11.5 Å². The number of aliphatic hydroxyl groups is 1. The molecular weight excluding hydrogens is 500 g/mol. The molecule has 1 aliphatic heterocycles. The smallest absolute Gasteiger partial charge is 0.267 e. The summed E-state index contributed by atoms with van der Waals surface area (Å²) in [6.07, 6.45) is 3.79. The van der Waals surface area contributed by atoms with E-state index < -0.39 is 0 Å². The molecule has 0 radical (unpaired) electrons. The lowest BCUT2D eigenvalue weighted by atomic mass is 10.1. The Morgan fingerprint density at radius 1 is 1.17 bits per heavy atom. The van der Waals surface area contributed by atoms with Gasteiger partial charge in [0.05, 0.1) is 31.3 Å². The Morgan fingerprint density at radius 2 is 1.94 bits per heavy atom. The third-order valence-electron chi connectivity index (χ3n) is 5.63. The Kier molecular flexibility index (Phi) is 7.92. The van der Waals surface area contributed by atoms with Crippen LogP contribution in [-0.4, -0.2) is 63.5 Å². The molecule has 3 heterocycles. The van der Waals surface area contributed by atoms with Gasteiger partial charge in [-0.2, -0.15) is 0 Å². The Morgan fingerprint density at radius 3 is 2.67 bits per heavy atom. The minimum atomic E-state index is -0.320. The molecular formula is C25H26N4O5S2. The summed E-state index contributed by atoms with van der Waals surface area (Å²) in [5, 5.41) is 12.2. The highest BCUT2D eigenvalue weighted by Gasteiger charge is 2.32. The molecule has 1 aromatic carbocycles. The maximum Gasteiger partial charge on any atom is 0.267 e. The number of anilines is 1. The van der Waals surface area contributed by atoms with Crippen molar-refractivity contribution in [1.82, 2.24) is 14.3 Å². The number of nitrogens with zero attached hydrogens (tertiary/aromatic N) is 3. The Balaban J connectivity index is 1.62. The molecule has 2 aromatic heterocycles. The highest BCUT2D eigenvalue weighted by Crippen LogP contribution is 2.34. The minimum absolute atomic E-state index is 0.132. The zero-order valence-corrected chi connectivity index (χ0v) is 21.7. The van der Waals surface area contributed by atoms with Crippen molar-refractivity contribution in [2.45, 2.75) is 13.3 Å². The number of aliphatic hydroxyl groups excluding tert-OH is 1. The summed E-state index contributed by atoms with van der Waals surface area (Å²) in [4.78, 5) is 33.0. The lowest BCUT2D eigenvalue weighted by Crippen LogP contribution is -2.30. The van der Waals surface area contributed by atoms with E-state index in [4.69, 9.17) is 21.7 Å². The number of thioether (sulfide) groups is 1. The number of pyridine rings is 1. The van der Waals surface area contributed by atoms with Crippen molar-refractivity contribution in [1.29, 1.82) is 0 Å². The summed E-state index contributed by atoms with van der Waals surface area (Å²) in [6, 6.07) is 9.22. The number of nitrogens with one attached hydrogen (secondary N) is 1. The van der Waals surface area contributed by atoms with Crippen LogP contribution in [0.3, 0.4) is 0 Å². The fourth-order valence-electron chi connectivity index (χ4n) is 3.80. The summed E-state index contributed by atoms with van der Waals surface area (Å²) in [5.74, 6) is 1.27. The summed E-state index contributed by atoms with van der Waals surface area (Å²) in [6.45, 7) is 2.34. The van der Waals surface area contributed by atoms with Crippen molar-refractivity contribution in [3.05, 3.63) is 68.5 Å². The lowest BCUT2D eigenvalue weighted by Gasteiger charge is -2.15. The van der Waals surface area contributed by atoms with Crippen LogP contribution in [0.2, 0.25) is 0 Å². The van der Waals surface area contributed by atoms with Crippen LogP contribution in [0.15, 0.2) is 46.2 Å². The van der Waals surface area contributed by atoms with Crippen LogP contribution in [0, 0.1) is 6.92 Å². The second-order valence-electron chi connectivity index (χ2n) is 8.04. The maximum atomic E-state index is 13.3. The number of aryl methyl sites for hydroxylation is 1. The molecule has 0 aliphatic carbocycles. The average Bonchev–Trinajstić information content (AvgIpc) is 3.15. The van der Waals surface area contributed by atoms with Crippen LogP contribution < -0.4 is 20.3 Å². The van der Waals surface area contributed by atoms with Gasteiger partial charge in [-0.3, -0.25) is 18.9 Å². The first-order valence-electron chi connectivity index (χ1n) is 11.2. The standard InChI is InChI=1S/C25H26N4O5S2/c1-15-4-7-21-27-22(26-9-11-30)17(23(31)29(21)14-15)13-20-24(32)28(25(35)36-20)10-8-16-5-6-18(33-2)19(12-16)34-3/h4-7,12-14,26,30H,8-11H2,1-3H3/b20-13+. The largest absolute Gasteiger partial charge is 0.493 e. The number of ether oxygens (including phenoxy) is 2. The van der Waals surface area contributed by atoms with Crippen molar-refractivity contribution in [2.75, 3.05) is 39.2 Å². The van der Waals surface area contributed by atoms with Gasteiger partial charge in [-0.25, -0.2) is 4.98 Å². The number of fused-ring (bicyclic) bond motifs is 1. The van der Waals surface area contributed by atoms with Gasteiger partial charge in [0.1, 0.15) is 15.8 Å². The fraction of sp³-hybridized carbons (Fsp3) is 0.280. The van der Waals surface area contributed by atoms with E-state index in [0.717, 1.165) is 22.9 Å². The number of methoxy groups -OCH3 is 2. The third kappa shape index (κ3) is 5.23. The van der Waals surface area contributed by atoms with Gasteiger partial charge in [-0.15, -0.1) is 0 Å². The van der Waals surface area contributed by atoms with Gasteiger partial charge in [-0.1, -0.05) is 36.1 Å². The van der Waals surface area contributed by atoms with Gasteiger partial charge in [-0.05, 0) is 48.7 Å². The fourth-order valence-corrected chi connectivity index (χ4v) is 5.09. The molecule has 188 valence electrons. The van der Waals surface area contributed by atoms with E-state index in [-0.39, 0.29) is 30.2 Å². The number of rotatable bonds is 9. The molecule has 9 nitrogen and oxygen atoms in total. The predicted molar refractivity (Wildman–Crippen MR) is 145 cm³/mol. The topological polar surface area (TPSA) is 105 Å². The van der Waals surface area contributed by atoms with E-state index in [1.165, 1.54) is 15.4 Å². The van der Waals surface area contributed by atoms with Gasteiger partial charge in [0.25, 0.3) is 11.5 Å². The molecule has 0 saturated carbocycles. The van der Waals surface area contributed by atoms with E-state index in [2.05, 4.69) is 10.3 Å². The molecule has 4 rings (SSSR count). The summed E-state index contributed by atoms with van der Waals surface area (Å²) in [7, 11) is 3.15. The number of hydrogen-bond acceptors (Lipinski definition) is 9. The Bertz CT molecular complexity index is 1420. The Labute approximate surface area is 217 Å². The molecule has 0 unspecified atom stereocenters. The highest BCUT2D eigenvalue weighted by atomic mass is 32.2. The average molecular weight is 527 g/mol. The predicted octanol–water partition coefficient (Wildman–Crippen LogP) is 2.87. The van der Waals surface area contributed by atoms with Crippen molar-refractivity contribution >= 4 is 51.7 Å². The van der Waals surface area contributed by atoms with Crippen molar-refractivity contribution in [2.24, 2.45) is 0 Å². The zero-order valence-electron chi connectivity index (χ0n) is 20.1. The van der Waals surface area contributed by atoms with E-state index in [9.17, 15) is 14.7 Å². The molecule has 0 atom stereocenters. The first kappa shape index (κ1) is 25.7. The number of carbonyl (C=O) groups is 1. The van der Waals surface area contributed by atoms with Gasteiger partial charge >= 0.3 is 0 Å². The van der Waals surface area contributed by atoms with Crippen LogP contribution in [0.5, 0.6) is 11.5 Å². The third-order valence-corrected chi connectivity index (χ3v) is 7.01. The van der Waals surface area contributed by atoms with Crippen LogP contribution in [0.1, 0.15) is 16.7 Å². The second-order valence-corrected chi connectivity index (χ2v) is 9.71. The zero-order chi connectivity index (χ0) is 25.8. The number of aromatic nitrogens is 2. The minimum Gasteiger partial charge on any atom is -0.493 e. The molecule has 2 N–H and O–H groups in total. The molecule has 11 heteroatoms. The second kappa shape index (κ2) is 11.1. The van der Waals surface area contributed by atoms with E-state index in [0.29, 0.717) is 45.2 Å². The molecule has 1 amide bonds. The quantitative estimate of drug-likeness (QED) is 0.322. The summed E-state index contributed by atoms with van der Waals surface area (Å²) in [5.41, 5.74) is 2.24. The lowest BCUT2D eigenvalue weighted by molar-refractivity contribution is -0.122. The molecule has 1 aliphatic rings. The van der Waals surface area contributed by atoms with Gasteiger partial charge in [0, 0.05) is 19.3 Å².